The molecule has 6 heteroatoms. The number of hydrogen-bond acceptors (Lipinski definition) is 4. The Balaban J connectivity index is 1.99. The summed E-state index contributed by atoms with van der Waals surface area (Å²) < 4.78 is 0. The van der Waals surface area contributed by atoms with Gasteiger partial charge in [-0.2, -0.15) is 0 Å². The summed E-state index contributed by atoms with van der Waals surface area (Å²) in [7, 11) is 0. The molecule has 1 heterocycles. The number of rotatable bonds is 4. The topological polar surface area (TPSA) is 104 Å². The van der Waals surface area contributed by atoms with Crippen LogP contribution in [0.3, 0.4) is 0 Å². The van der Waals surface area contributed by atoms with E-state index in [9.17, 15) is 14.7 Å². The van der Waals surface area contributed by atoms with E-state index in [2.05, 4.69) is 10.6 Å². The molecule has 0 radical (unpaired) electrons. The Labute approximate surface area is 104 Å². The van der Waals surface area contributed by atoms with Crippen molar-refractivity contribution in [2.24, 2.45) is 5.73 Å². The molecule has 0 fully saturated rings. The summed E-state index contributed by atoms with van der Waals surface area (Å²) in [6.45, 7) is 0.699. The molecule has 0 saturated heterocycles. The van der Waals surface area contributed by atoms with Crippen LogP contribution < -0.4 is 16.4 Å². The fraction of sp³-hybridized carbons (Fsp3) is 0.333. The van der Waals surface area contributed by atoms with Gasteiger partial charge in [-0.1, -0.05) is 0 Å². The van der Waals surface area contributed by atoms with Crippen molar-refractivity contribution < 1.29 is 14.7 Å². The lowest BCUT2D eigenvalue weighted by Crippen LogP contribution is -2.39. The van der Waals surface area contributed by atoms with E-state index in [1.807, 2.05) is 6.07 Å². The third-order valence-electron chi connectivity index (χ3n) is 2.86. The molecule has 0 aromatic heterocycles. The molecule has 5 N–H and O–H groups in total. The number of hydrogen-bond donors (Lipinski definition) is 4. The van der Waals surface area contributed by atoms with Gasteiger partial charge >= 0.3 is 0 Å². The number of primary amides is 1. The Hall–Kier alpha value is -2.08. The number of amides is 2. The lowest BCUT2D eigenvalue weighted by atomic mass is 10.1. The first-order valence-electron chi connectivity index (χ1n) is 5.70. The Morgan fingerprint density at radius 3 is 3.00 bits per heavy atom. The molecule has 1 aromatic rings. The molecular formula is C12H15N3O3. The molecule has 1 aliphatic rings. The van der Waals surface area contributed by atoms with Gasteiger partial charge in [0.05, 0.1) is 6.54 Å². The maximum absolute atomic E-state index is 11.8. The van der Waals surface area contributed by atoms with Crippen LogP contribution in [-0.2, 0) is 11.2 Å². The van der Waals surface area contributed by atoms with E-state index in [4.69, 9.17) is 5.73 Å². The van der Waals surface area contributed by atoms with Gasteiger partial charge in [-0.25, -0.2) is 0 Å². The van der Waals surface area contributed by atoms with Crippen molar-refractivity contribution in [3.05, 3.63) is 29.3 Å². The van der Waals surface area contributed by atoms with Crippen molar-refractivity contribution in [1.29, 1.82) is 0 Å². The molecule has 0 saturated carbocycles. The van der Waals surface area contributed by atoms with Crippen molar-refractivity contribution in [3.8, 4) is 0 Å². The van der Waals surface area contributed by atoms with Crippen molar-refractivity contribution in [2.45, 2.75) is 12.5 Å². The summed E-state index contributed by atoms with van der Waals surface area (Å²) in [4.78, 5) is 22.4. The zero-order valence-corrected chi connectivity index (χ0v) is 9.77. The molecular weight excluding hydrogens is 234 g/mol. The van der Waals surface area contributed by atoms with Crippen LogP contribution in [0.4, 0.5) is 5.69 Å². The molecule has 1 atom stereocenters. The van der Waals surface area contributed by atoms with Crippen LogP contribution >= 0.6 is 0 Å². The minimum Gasteiger partial charge on any atom is -0.384 e. The summed E-state index contributed by atoms with van der Waals surface area (Å²) in [5.74, 6) is -1.18. The molecule has 2 rings (SSSR count). The third kappa shape index (κ3) is 2.60. The molecule has 1 aromatic carbocycles. The zero-order chi connectivity index (χ0) is 13.1. The van der Waals surface area contributed by atoms with E-state index in [0.29, 0.717) is 5.56 Å². The average molecular weight is 249 g/mol. The summed E-state index contributed by atoms with van der Waals surface area (Å²) in [6.07, 6.45) is -0.467. The van der Waals surface area contributed by atoms with Crippen LogP contribution in [0.15, 0.2) is 18.2 Å². The molecule has 1 aliphatic heterocycles. The monoisotopic (exact) mass is 249 g/mol. The molecule has 96 valence electrons. The second-order valence-corrected chi connectivity index (χ2v) is 4.18. The molecule has 0 aliphatic carbocycles. The highest BCUT2D eigenvalue weighted by molar-refractivity contribution is 5.95. The van der Waals surface area contributed by atoms with Crippen molar-refractivity contribution in [3.63, 3.8) is 0 Å². The van der Waals surface area contributed by atoms with Crippen LogP contribution in [0.2, 0.25) is 0 Å². The first-order valence-corrected chi connectivity index (χ1v) is 5.70. The second kappa shape index (κ2) is 5.05. The van der Waals surface area contributed by atoms with Crippen molar-refractivity contribution in [1.82, 2.24) is 5.32 Å². The predicted molar refractivity (Wildman–Crippen MR) is 66.2 cm³/mol. The van der Waals surface area contributed by atoms with Gasteiger partial charge in [0.25, 0.3) is 5.91 Å². The van der Waals surface area contributed by atoms with Crippen LogP contribution in [0.1, 0.15) is 15.9 Å². The first-order chi connectivity index (χ1) is 8.58. The van der Waals surface area contributed by atoms with Gasteiger partial charge in [0.15, 0.2) is 0 Å². The molecule has 2 amide bonds. The molecule has 1 unspecified atom stereocenters. The van der Waals surface area contributed by atoms with E-state index in [1.54, 1.807) is 12.1 Å². The number of aliphatic hydroxyl groups is 1. The van der Waals surface area contributed by atoms with Gasteiger partial charge < -0.3 is 21.5 Å². The normalized spacial score (nSPS) is 14.5. The molecule has 6 nitrogen and oxygen atoms in total. The number of carbonyl (C=O) groups excluding carboxylic acids is 2. The highest BCUT2D eigenvalue weighted by Crippen LogP contribution is 2.22. The summed E-state index contributed by atoms with van der Waals surface area (Å²) >= 11 is 0. The van der Waals surface area contributed by atoms with Crippen LogP contribution in [0.25, 0.3) is 0 Å². The van der Waals surface area contributed by atoms with E-state index in [1.165, 1.54) is 0 Å². The fourth-order valence-electron chi connectivity index (χ4n) is 1.84. The smallest absolute Gasteiger partial charge is 0.251 e. The summed E-state index contributed by atoms with van der Waals surface area (Å²) in [5, 5.41) is 14.8. The maximum atomic E-state index is 11.8. The largest absolute Gasteiger partial charge is 0.384 e. The van der Waals surface area contributed by atoms with Gasteiger partial charge in [0.1, 0.15) is 6.10 Å². The van der Waals surface area contributed by atoms with E-state index >= 15 is 0 Å². The number of anilines is 1. The van der Waals surface area contributed by atoms with Crippen molar-refractivity contribution in [2.75, 3.05) is 18.4 Å². The van der Waals surface area contributed by atoms with Gasteiger partial charge in [-0.3, -0.25) is 9.59 Å². The lowest BCUT2D eigenvalue weighted by Gasteiger charge is -2.09. The number of benzene rings is 1. The molecule has 0 bridgehead atoms. The van der Waals surface area contributed by atoms with E-state index in [0.717, 1.165) is 24.2 Å². The predicted octanol–water partition coefficient (Wildman–Crippen LogP) is -0.769. The van der Waals surface area contributed by atoms with E-state index in [-0.39, 0.29) is 12.5 Å². The van der Waals surface area contributed by atoms with Crippen molar-refractivity contribution >= 4 is 17.5 Å². The SMILES string of the molecule is NC(=O)C(O)CNC(=O)c1ccc2c(c1)CCN2. The maximum Gasteiger partial charge on any atom is 0.251 e. The van der Waals surface area contributed by atoms with Gasteiger partial charge in [-0.15, -0.1) is 0 Å². The number of carbonyl (C=O) groups is 2. The Bertz CT molecular complexity index is 487. The number of nitrogens with one attached hydrogen (secondary N) is 2. The fourth-order valence-corrected chi connectivity index (χ4v) is 1.84. The minimum atomic E-state index is -1.36. The van der Waals surface area contributed by atoms with Crippen LogP contribution in [0.5, 0.6) is 0 Å². The highest BCUT2D eigenvalue weighted by atomic mass is 16.3. The Kier molecular flexibility index (Phi) is 3.47. The number of fused-ring (bicyclic) bond motifs is 1. The second-order valence-electron chi connectivity index (χ2n) is 4.18. The highest BCUT2D eigenvalue weighted by Gasteiger charge is 2.15. The van der Waals surface area contributed by atoms with Crippen LogP contribution in [0, 0.1) is 0 Å². The average Bonchev–Trinajstić information content (AvgIpc) is 2.82. The summed E-state index contributed by atoms with van der Waals surface area (Å²) in [6, 6.07) is 5.35. The Morgan fingerprint density at radius 1 is 1.50 bits per heavy atom. The van der Waals surface area contributed by atoms with Gasteiger partial charge in [0.2, 0.25) is 5.91 Å². The van der Waals surface area contributed by atoms with E-state index < -0.39 is 12.0 Å². The lowest BCUT2D eigenvalue weighted by molar-refractivity contribution is -0.125. The Morgan fingerprint density at radius 2 is 2.28 bits per heavy atom. The van der Waals surface area contributed by atoms with Gasteiger partial charge in [-0.05, 0) is 30.2 Å². The zero-order valence-electron chi connectivity index (χ0n) is 9.77. The third-order valence-corrected chi connectivity index (χ3v) is 2.86. The summed E-state index contributed by atoms with van der Waals surface area (Å²) in [5.41, 5.74) is 7.54. The molecule has 0 spiro atoms. The quantitative estimate of drug-likeness (QED) is 0.562. The minimum absolute atomic E-state index is 0.177. The first kappa shape index (κ1) is 12.4. The number of aliphatic hydroxyl groups excluding tert-OH is 1. The van der Waals surface area contributed by atoms with Crippen LogP contribution in [-0.4, -0.2) is 36.1 Å². The number of nitrogens with two attached hydrogens (primary N) is 1. The molecule has 18 heavy (non-hydrogen) atoms. The van der Waals surface area contributed by atoms with Gasteiger partial charge in [0, 0.05) is 17.8 Å². The standard InChI is InChI=1S/C12H15N3O3/c13-11(17)10(16)6-15-12(18)8-1-2-9-7(5-8)3-4-14-9/h1-2,5,10,14,16H,3-4,6H2,(H2,13,17)(H,15,18).